The number of methoxy groups -OCH3 is 1. The van der Waals surface area contributed by atoms with Gasteiger partial charge >= 0.3 is 11.9 Å². The number of ether oxygens (including phenoxy) is 2. The Bertz CT molecular complexity index is 233. The molecular formula is C11H20O4. The van der Waals surface area contributed by atoms with Gasteiger partial charge in [-0.15, -0.1) is 0 Å². The molecule has 0 amide bonds. The first-order valence-corrected chi connectivity index (χ1v) is 5.16. The Morgan fingerprint density at radius 3 is 2.13 bits per heavy atom. The summed E-state index contributed by atoms with van der Waals surface area (Å²) >= 11 is 0. The van der Waals surface area contributed by atoms with E-state index >= 15 is 0 Å². The Balaban J connectivity index is 4.79. The van der Waals surface area contributed by atoms with E-state index in [4.69, 9.17) is 4.74 Å². The largest absolute Gasteiger partial charge is 0.469 e. The molecule has 1 unspecified atom stereocenters. The third kappa shape index (κ3) is 3.22. The van der Waals surface area contributed by atoms with Crippen LogP contribution in [0.5, 0.6) is 0 Å². The summed E-state index contributed by atoms with van der Waals surface area (Å²) in [6.45, 7) is 7.32. The van der Waals surface area contributed by atoms with E-state index in [-0.39, 0.29) is 11.9 Å². The first-order chi connectivity index (χ1) is 6.91. The minimum Gasteiger partial charge on any atom is -0.469 e. The van der Waals surface area contributed by atoms with Crippen molar-refractivity contribution in [2.75, 3.05) is 13.7 Å². The summed E-state index contributed by atoms with van der Waals surface area (Å²) in [4.78, 5) is 23.1. The van der Waals surface area contributed by atoms with Crippen molar-refractivity contribution in [3.8, 4) is 0 Å². The van der Waals surface area contributed by atoms with E-state index in [1.807, 2.05) is 6.92 Å². The van der Waals surface area contributed by atoms with Crippen molar-refractivity contribution in [1.82, 2.24) is 0 Å². The van der Waals surface area contributed by atoms with Crippen LogP contribution in [-0.4, -0.2) is 25.7 Å². The van der Waals surface area contributed by atoms with Gasteiger partial charge in [-0.3, -0.25) is 9.59 Å². The summed E-state index contributed by atoms with van der Waals surface area (Å²) < 4.78 is 9.61. The van der Waals surface area contributed by atoms with Crippen LogP contribution in [0, 0.1) is 11.3 Å². The van der Waals surface area contributed by atoms with Crippen LogP contribution in [0.2, 0.25) is 0 Å². The molecule has 0 spiro atoms. The van der Waals surface area contributed by atoms with Crippen LogP contribution in [0.3, 0.4) is 0 Å². The van der Waals surface area contributed by atoms with Crippen molar-refractivity contribution in [3.05, 3.63) is 0 Å². The number of hydrogen-bond donors (Lipinski definition) is 0. The van der Waals surface area contributed by atoms with Gasteiger partial charge in [-0.25, -0.2) is 0 Å². The molecule has 0 N–H and O–H groups in total. The lowest BCUT2D eigenvalue weighted by atomic mass is 9.77. The van der Waals surface area contributed by atoms with Crippen molar-refractivity contribution in [2.45, 2.75) is 34.1 Å². The molecule has 0 fully saturated rings. The Kier molecular flexibility index (Phi) is 5.33. The standard InChI is InChI=1S/C11H20O4/c1-6-8(9(12)15-7-2)11(3,4)10(13)14-5/h8H,6-7H2,1-5H3. The normalized spacial score (nSPS) is 13.1. The lowest BCUT2D eigenvalue weighted by Crippen LogP contribution is -2.39. The van der Waals surface area contributed by atoms with E-state index in [1.54, 1.807) is 20.8 Å². The fourth-order valence-electron chi connectivity index (χ4n) is 1.62. The van der Waals surface area contributed by atoms with E-state index in [2.05, 4.69) is 4.74 Å². The van der Waals surface area contributed by atoms with Gasteiger partial charge in [-0.1, -0.05) is 6.92 Å². The molecule has 0 aliphatic rings. The van der Waals surface area contributed by atoms with E-state index < -0.39 is 11.3 Å². The number of rotatable bonds is 5. The van der Waals surface area contributed by atoms with Crippen LogP contribution in [0.4, 0.5) is 0 Å². The van der Waals surface area contributed by atoms with Crippen LogP contribution in [0.15, 0.2) is 0 Å². The smallest absolute Gasteiger partial charge is 0.312 e. The zero-order chi connectivity index (χ0) is 12.1. The van der Waals surface area contributed by atoms with Crippen molar-refractivity contribution in [2.24, 2.45) is 11.3 Å². The van der Waals surface area contributed by atoms with Gasteiger partial charge < -0.3 is 9.47 Å². The summed E-state index contributed by atoms with van der Waals surface area (Å²) in [6, 6.07) is 0. The second kappa shape index (κ2) is 5.73. The molecule has 0 rings (SSSR count). The van der Waals surface area contributed by atoms with Crippen LogP contribution in [-0.2, 0) is 19.1 Å². The maximum absolute atomic E-state index is 11.6. The highest BCUT2D eigenvalue weighted by atomic mass is 16.5. The number of carbonyl (C=O) groups is 2. The molecule has 0 saturated carbocycles. The number of esters is 2. The van der Waals surface area contributed by atoms with Crippen molar-refractivity contribution >= 4 is 11.9 Å². The Morgan fingerprint density at radius 2 is 1.80 bits per heavy atom. The first kappa shape index (κ1) is 13.9. The molecule has 1 atom stereocenters. The minimum absolute atomic E-state index is 0.326. The molecular weight excluding hydrogens is 196 g/mol. The van der Waals surface area contributed by atoms with Gasteiger partial charge in [-0.05, 0) is 27.2 Å². The molecule has 0 radical (unpaired) electrons. The Hall–Kier alpha value is -1.06. The summed E-state index contributed by atoms with van der Waals surface area (Å²) in [5.74, 6) is -1.18. The molecule has 4 heteroatoms. The molecule has 88 valence electrons. The fraction of sp³-hybridized carbons (Fsp3) is 0.818. The first-order valence-electron chi connectivity index (χ1n) is 5.16. The van der Waals surface area contributed by atoms with Gasteiger partial charge in [0.15, 0.2) is 0 Å². The maximum Gasteiger partial charge on any atom is 0.312 e. The predicted octanol–water partition coefficient (Wildman–Crippen LogP) is 1.77. The third-order valence-corrected chi connectivity index (χ3v) is 2.56. The van der Waals surface area contributed by atoms with Crippen molar-refractivity contribution in [1.29, 1.82) is 0 Å². The molecule has 0 saturated heterocycles. The average Bonchev–Trinajstić information content (AvgIpc) is 2.17. The third-order valence-electron chi connectivity index (χ3n) is 2.56. The molecule has 0 aromatic heterocycles. The van der Waals surface area contributed by atoms with Crippen molar-refractivity contribution in [3.63, 3.8) is 0 Å². The van der Waals surface area contributed by atoms with E-state index in [1.165, 1.54) is 7.11 Å². The van der Waals surface area contributed by atoms with E-state index in [0.29, 0.717) is 13.0 Å². The monoisotopic (exact) mass is 216 g/mol. The summed E-state index contributed by atoms with van der Waals surface area (Å²) in [5, 5.41) is 0. The molecule has 15 heavy (non-hydrogen) atoms. The number of carbonyl (C=O) groups excluding carboxylic acids is 2. The van der Waals surface area contributed by atoms with Gasteiger partial charge in [0.2, 0.25) is 0 Å². The molecule has 4 nitrogen and oxygen atoms in total. The summed E-state index contributed by atoms with van der Waals surface area (Å²) in [5.41, 5.74) is -0.838. The van der Waals surface area contributed by atoms with Gasteiger partial charge in [0.25, 0.3) is 0 Å². The molecule has 0 bridgehead atoms. The van der Waals surface area contributed by atoms with Crippen LogP contribution < -0.4 is 0 Å². The van der Waals surface area contributed by atoms with Crippen molar-refractivity contribution < 1.29 is 19.1 Å². The summed E-state index contributed by atoms with van der Waals surface area (Å²) in [6.07, 6.45) is 0.556. The van der Waals surface area contributed by atoms with Gasteiger partial charge in [0, 0.05) is 0 Å². The quantitative estimate of drug-likeness (QED) is 0.657. The van der Waals surface area contributed by atoms with Gasteiger partial charge in [-0.2, -0.15) is 0 Å². The molecule has 0 aliphatic carbocycles. The van der Waals surface area contributed by atoms with Crippen LogP contribution in [0.25, 0.3) is 0 Å². The van der Waals surface area contributed by atoms with Gasteiger partial charge in [0.05, 0.1) is 25.0 Å². The topological polar surface area (TPSA) is 52.6 Å². The highest BCUT2D eigenvalue weighted by Crippen LogP contribution is 2.31. The predicted molar refractivity (Wildman–Crippen MR) is 56.2 cm³/mol. The number of hydrogen-bond acceptors (Lipinski definition) is 4. The van der Waals surface area contributed by atoms with Gasteiger partial charge in [0.1, 0.15) is 0 Å². The fourth-order valence-corrected chi connectivity index (χ4v) is 1.62. The minimum atomic E-state index is -0.838. The second-order valence-electron chi connectivity index (χ2n) is 3.93. The zero-order valence-corrected chi connectivity index (χ0v) is 10.1. The highest BCUT2D eigenvalue weighted by molar-refractivity contribution is 5.84. The van der Waals surface area contributed by atoms with Crippen LogP contribution >= 0.6 is 0 Å². The molecule has 0 aromatic carbocycles. The highest BCUT2D eigenvalue weighted by Gasteiger charge is 2.41. The SMILES string of the molecule is CCOC(=O)C(CC)C(C)(C)C(=O)OC. The Labute approximate surface area is 90.9 Å². The lowest BCUT2D eigenvalue weighted by Gasteiger charge is -2.28. The molecule has 0 aromatic rings. The van der Waals surface area contributed by atoms with E-state index in [0.717, 1.165) is 0 Å². The van der Waals surface area contributed by atoms with Crippen LogP contribution in [0.1, 0.15) is 34.1 Å². The Morgan fingerprint density at radius 1 is 1.27 bits per heavy atom. The van der Waals surface area contributed by atoms with E-state index in [9.17, 15) is 9.59 Å². The lowest BCUT2D eigenvalue weighted by molar-refractivity contribution is -0.165. The molecule has 0 heterocycles. The maximum atomic E-state index is 11.6. The zero-order valence-electron chi connectivity index (χ0n) is 10.1. The average molecular weight is 216 g/mol. The second-order valence-corrected chi connectivity index (χ2v) is 3.93. The molecule has 0 aliphatic heterocycles. The summed E-state index contributed by atoms with van der Waals surface area (Å²) in [7, 11) is 1.32.